The smallest absolute Gasteiger partial charge is 0.248 e. The first-order valence-electron chi connectivity index (χ1n) is 6.25. The van der Waals surface area contributed by atoms with E-state index in [4.69, 9.17) is 11.6 Å². The van der Waals surface area contributed by atoms with E-state index < -0.39 is 6.04 Å². The number of carbonyl (C=O) groups is 2. The molecular formula is C14H14ClN3O2S. The van der Waals surface area contributed by atoms with Crippen LogP contribution in [0.25, 0.3) is 11.3 Å². The van der Waals surface area contributed by atoms with E-state index in [0.29, 0.717) is 15.8 Å². The molecule has 1 aromatic heterocycles. The predicted octanol–water partition coefficient (Wildman–Crippen LogP) is 2.93. The van der Waals surface area contributed by atoms with E-state index in [2.05, 4.69) is 15.6 Å². The minimum Gasteiger partial charge on any atom is -0.345 e. The van der Waals surface area contributed by atoms with Crippen molar-refractivity contribution >= 4 is 39.9 Å². The molecule has 0 saturated heterocycles. The van der Waals surface area contributed by atoms with E-state index in [1.807, 2.05) is 23.6 Å². The Morgan fingerprint density at radius 1 is 1.33 bits per heavy atom. The molecule has 0 aliphatic carbocycles. The van der Waals surface area contributed by atoms with Crippen LogP contribution in [0, 0.1) is 0 Å². The summed E-state index contributed by atoms with van der Waals surface area (Å²) in [6.07, 6.45) is 0. The number of amides is 2. The lowest BCUT2D eigenvalue weighted by Crippen LogP contribution is -2.40. The van der Waals surface area contributed by atoms with Crippen molar-refractivity contribution in [1.29, 1.82) is 0 Å². The number of benzene rings is 1. The average molecular weight is 324 g/mol. The van der Waals surface area contributed by atoms with Crippen molar-refractivity contribution in [3.8, 4) is 11.3 Å². The summed E-state index contributed by atoms with van der Waals surface area (Å²) < 4.78 is 0. The summed E-state index contributed by atoms with van der Waals surface area (Å²) in [4.78, 5) is 27.1. The Labute approximate surface area is 131 Å². The van der Waals surface area contributed by atoms with Crippen LogP contribution in [0.1, 0.15) is 13.8 Å². The summed E-state index contributed by atoms with van der Waals surface area (Å²) in [5, 5.41) is 8.07. The number of carbonyl (C=O) groups excluding carboxylic acids is 2. The summed E-state index contributed by atoms with van der Waals surface area (Å²) >= 11 is 7.41. The normalized spacial score (nSPS) is 11.8. The van der Waals surface area contributed by atoms with Gasteiger partial charge in [-0.15, -0.1) is 11.3 Å². The Kier molecular flexibility index (Phi) is 4.93. The molecule has 0 fully saturated rings. The third kappa shape index (κ3) is 4.03. The number of hydrogen-bond acceptors (Lipinski definition) is 4. The summed E-state index contributed by atoms with van der Waals surface area (Å²) in [6.45, 7) is 2.97. The summed E-state index contributed by atoms with van der Waals surface area (Å²) in [5.74, 6) is -0.571. The lowest BCUT2D eigenvalue weighted by Gasteiger charge is -2.10. The lowest BCUT2D eigenvalue weighted by molar-refractivity contribution is -0.124. The second-order valence-corrected chi connectivity index (χ2v) is 5.69. The highest BCUT2D eigenvalue weighted by Gasteiger charge is 2.16. The van der Waals surface area contributed by atoms with Crippen molar-refractivity contribution in [3.05, 3.63) is 34.7 Å². The van der Waals surface area contributed by atoms with Crippen molar-refractivity contribution in [2.24, 2.45) is 0 Å². The fourth-order valence-electron chi connectivity index (χ4n) is 1.71. The predicted molar refractivity (Wildman–Crippen MR) is 84.5 cm³/mol. The fraction of sp³-hybridized carbons (Fsp3) is 0.214. The molecule has 2 amide bonds. The molecule has 110 valence electrons. The molecule has 21 heavy (non-hydrogen) atoms. The highest BCUT2D eigenvalue weighted by atomic mass is 35.5. The first-order valence-corrected chi connectivity index (χ1v) is 7.51. The highest BCUT2D eigenvalue weighted by molar-refractivity contribution is 7.14. The molecule has 2 N–H and O–H groups in total. The SMILES string of the molecule is CC(=O)NC(C)C(=O)Nc1nc(-c2ccccc2Cl)cs1. The van der Waals surface area contributed by atoms with Gasteiger partial charge in [-0.1, -0.05) is 29.8 Å². The summed E-state index contributed by atoms with van der Waals surface area (Å²) in [7, 11) is 0. The quantitative estimate of drug-likeness (QED) is 0.908. The van der Waals surface area contributed by atoms with Gasteiger partial charge < -0.3 is 10.6 Å². The topological polar surface area (TPSA) is 71.1 Å². The second kappa shape index (κ2) is 6.69. The van der Waals surface area contributed by atoms with Gasteiger partial charge in [0.2, 0.25) is 11.8 Å². The fourth-order valence-corrected chi connectivity index (χ4v) is 2.65. The van der Waals surface area contributed by atoms with Gasteiger partial charge in [0, 0.05) is 22.9 Å². The van der Waals surface area contributed by atoms with E-state index in [1.54, 1.807) is 13.0 Å². The van der Waals surface area contributed by atoms with Gasteiger partial charge in [0.15, 0.2) is 5.13 Å². The van der Waals surface area contributed by atoms with Crippen LogP contribution in [0.2, 0.25) is 5.02 Å². The number of aromatic nitrogens is 1. The van der Waals surface area contributed by atoms with Crippen molar-refractivity contribution in [3.63, 3.8) is 0 Å². The Hall–Kier alpha value is -1.92. The van der Waals surface area contributed by atoms with E-state index in [0.717, 1.165) is 5.56 Å². The molecule has 0 saturated carbocycles. The molecule has 2 aromatic rings. The first-order chi connectivity index (χ1) is 9.97. The summed E-state index contributed by atoms with van der Waals surface area (Å²) in [6, 6.07) is 6.75. The van der Waals surface area contributed by atoms with Gasteiger partial charge in [0.25, 0.3) is 0 Å². The molecule has 0 bridgehead atoms. The van der Waals surface area contributed by atoms with E-state index in [1.165, 1.54) is 18.3 Å². The monoisotopic (exact) mass is 323 g/mol. The van der Waals surface area contributed by atoms with Gasteiger partial charge in [0.1, 0.15) is 6.04 Å². The third-order valence-corrected chi connectivity index (χ3v) is 3.78. The summed E-state index contributed by atoms with van der Waals surface area (Å²) in [5.41, 5.74) is 1.51. The van der Waals surface area contributed by atoms with Crippen LogP contribution in [0.5, 0.6) is 0 Å². The van der Waals surface area contributed by atoms with Crippen molar-refractivity contribution in [1.82, 2.24) is 10.3 Å². The molecular weight excluding hydrogens is 310 g/mol. The van der Waals surface area contributed by atoms with Crippen molar-refractivity contribution in [2.45, 2.75) is 19.9 Å². The molecule has 2 rings (SSSR count). The van der Waals surface area contributed by atoms with E-state index >= 15 is 0 Å². The van der Waals surface area contributed by atoms with Gasteiger partial charge in [-0.3, -0.25) is 9.59 Å². The van der Waals surface area contributed by atoms with Gasteiger partial charge in [-0.25, -0.2) is 4.98 Å². The Bertz CT molecular complexity index is 672. The Balaban J connectivity index is 2.09. The van der Waals surface area contributed by atoms with E-state index in [-0.39, 0.29) is 11.8 Å². The number of thiazole rings is 1. The second-order valence-electron chi connectivity index (χ2n) is 4.43. The van der Waals surface area contributed by atoms with Gasteiger partial charge in [-0.05, 0) is 13.0 Å². The maximum absolute atomic E-state index is 11.9. The van der Waals surface area contributed by atoms with Crippen molar-refractivity contribution < 1.29 is 9.59 Å². The molecule has 5 nitrogen and oxygen atoms in total. The zero-order chi connectivity index (χ0) is 15.4. The molecule has 1 unspecified atom stereocenters. The molecule has 7 heteroatoms. The van der Waals surface area contributed by atoms with Crippen LogP contribution in [0.3, 0.4) is 0 Å². The number of nitrogens with zero attached hydrogens (tertiary/aromatic N) is 1. The maximum Gasteiger partial charge on any atom is 0.248 e. The van der Waals surface area contributed by atoms with Crippen LogP contribution in [-0.2, 0) is 9.59 Å². The van der Waals surface area contributed by atoms with Gasteiger partial charge in [-0.2, -0.15) is 0 Å². The standard InChI is InChI=1S/C14H14ClN3O2S/c1-8(16-9(2)19)13(20)18-14-17-12(7-21-14)10-5-3-4-6-11(10)15/h3-8H,1-2H3,(H,16,19)(H,17,18,20). The Morgan fingerprint density at radius 3 is 2.71 bits per heavy atom. The van der Waals surface area contributed by atoms with Crippen LogP contribution in [0.4, 0.5) is 5.13 Å². The van der Waals surface area contributed by atoms with Crippen LogP contribution in [-0.4, -0.2) is 22.8 Å². The molecule has 1 aromatic carbocycles. The third-order valence-electron chi connectivity index (χ3n) is 2.70. The zero-order valence-electron chi connectivity index (χ0n) is 11.5. The molecule has 0 radical (unpaired) electrons. The number of hydrogen-bond donors (Lipinski definition) is 2. The van der Waals surface area contributed by atoms with Gasteiger partial charge >= 0.3 is 0 Å². The number of nitrogens with one attached hydrogen (secondary N) is 2. The average Bonchev–Trinajstić information content (AvgIpc) is 2.86. The molecule has 0 aliphatic heterocycles. The largest absolute Gasteiger partial charge is 0.345 e. The number of halogens is 1. The zero-order valence-corrected chi connectivity index (χ0v) is 13.1. The molecule has 0 aliphatic rings. The van der Waals surface area contributed by atoms with Crippen LogP contribution < -0.4 is 10.6 Å². The Morgan fingerprint density at radius 2 is 2.05 bits per heavy atom. The minimum absolute atomic E-state index is 0.256. The number of rotatable bonds is 4. The van der Waals surface area contributed by atoms with Crippen molar-refractivity contribution in [2.75, 3.05) is 5.32 Å². The first kappa shape index (κ1) is 15.5. The van der Waals surface area contributed by atoms with Crippen LogP contribution in [0.15, 0.2) is 29.6 Å². The minimum atomic E-state index is -0.616. The molecule has 1 atom stereocenters. The maximum atomic E-state index is 11.9. The van der Waals surface area contributed by atoms with Crippen LogP contribution >= 0.6 is 22.9 Å². The van der Waals surface area contributed by atoms with E-state index in [9.17, 15) is 9.59 Å². The highest BCUT2D eigenvalue weighted by Crippen LogP contribution is 2.30. The lowest BCUT2D eigenvalue weighted by atomic mass is 10.2. The molecule has 0 spiro atoms. The molecule has 1 heterocycles. The van der Waals surface area contributed by atoms with Gasteiger partial charge in [0.05, 0.1) is 5.69 Å². The number of anilines is 1.